The fourth-order valence-corrected chi connectivity index (χ4v) is 4.25. The molecule has 3 N–H and O–H groups in total. The maximum atomic E-state index is 12.3. The van der Waals surface area contributed by atoms with Gasteiger partial charge in [-0.2, -0.15) is 0 Å². The van der Waals surface area contributed by atoms with E-state index < -0.39 is 6.04 Å². The average molecular weight is 291 g/mol. The van der Waals surface area contributed by atoms with Crippen molar-refractivity contribution < 1.29 is 9.53 Å². The molecule has 0 spiro atoms. The Hall–Kier alpha value is -1.36. The van der Waals surface area contributed by atoms with Crippen LogP contribution in [0.1, 0.15) is 45.7 Å². The highest BCUT2D eigenvalue weighted by molar-refractivity contribution is 5.76. The second kappa shape index (κ2) is 4.83. The molecule has 4 atom stereocenters. The van der Waals surface area contributed by atoms with E-state index >= 15 is 0 Å². The second-order valence-electron chi connectivity index (χ2n) is 7.42. The summed E-state index contributed by atoms with van der Waals surface area (Å²) >= 11 is 0. The first-order chi connectivity index (χ1) is 9.84. The number of rotatable bonds is 4. The Balaban J connectivity index is 1.63. The fourth-order valence-electron chi connectivity index (χ4n) is 4.25. The Bertz CT molecular complexity index is 526. The van der Waals surface area contributed by atoms with Crippen LogP contribution in [0.5, 0.6) is 0 Å². The van der Waals surface area contributed by atoms with Crippen molar-refractivity contribution in [2.24, 2.45) is 22.5 Å². The number of aromatic amines is 1. The van der Waals surface area contributed by atoms with E-state index in [4.69, 9.17) is 10.5 Å². The summed E-state index contributed by atoms with van der Waals surface area (Å²) in [5.74, 6) is 0.364. The highest BCUT2D eigenvalue weighted by Crippen LogP contribution is 2.66. The van der Waals surface area contributed by atoms with Crippen LogP contribution in [0.2, 0.25) is 0 Å². The summed E-state index contributed by atoms with van der Waals surface area (Å²) in [6, 6.07) is -0.628. The first kappa shape index (κ1) is 14.6. The predicted molar refractivity (Wildman–Crippen MR) is 79.4 cm³/mol. The second-order valence-corrected chi connectivity index (χ2v) is 7.42. The molecular weight excluding hydrogens is 266 g/mol. The minimum Gasteiger partial charge on any atom is -0.461 e. The van der Waals surface area contributed by atoms with Crippen molar-refractivity contribution in [1.29, 1.82) is 0 Å². The van der Waals surface area contributed by atoms with Crippen LogP contribution in [0.4, 0.5) is 0 Å². The van der Waals surface area contributed by atoms with Crippen molar-refractivity contribution in [3.8, 4) is 0 Å². The quantitative estimate of drug-likeness (QED) is 0.832. The molecular formula is C16H25N3O2. The summed E-state index contributed by atoms with van der Waals surface area (Å²) in [6.07, 6.45) is 7.09. The van der Waals surface area contributed by atoms with E-state index in [0.717, 1.165) is 18.5 Å². The first-order valence-corrected chi connectivity index (χ1v) is 7.78. The van der Waals surface area contributed by atoms with Crippen molar-refractivity contribution >= 4 is 5.97 Å². The van der Waals surface area contributed by atoms with Gasteiger partial charge in [0.1, 0.15) is 12.1 Å². The van der Waals surface area contributed by atoms with Crippen molar-refractivity contribution in [2.45, 2.75) is 58.6 Å². The summed E-state index contributed by atoms with van der Waals surface area (Å²) < 4.78 is 5.80. The van der Waals surface area contributed by atoms with E-state index in [9.17, 15) is 4.79 Å². The SMILES string of the molecule is CC1(C)C2CCC1(C)C(OC(=O)C(N)Cc1cnc[nH]1)C2. The molecule has 0 saturated heterocycles. The van der Waals surface area contributed by atoms with Gasteiger partial charge in [-0.3, -0.25) is 4.79 Å². The topological polar surface area (TPSA) is 81.0 Å². The van der Waals surface area contributed by atoms with Crippen LogP contribution in [0, 0.1) is 16.7 Å². The van der Waals surface area contributed by atoms with E-state index in [1.165, 1.54) is 6.42 Å². The molecule has 0 amide bonds. The summed E-state index contributed by atoms with van der Waals surface area (Å²) in [4.78, 5) is 19.2. The zero-order chi connectivity index (χ0) is 15.3. The number of hydrogen-bond acceptors (Lipinski definition) is 4. The summed E-state index contributed by atoms with van der Waals surface area (Å²) in [6.45, 7) is 6.88. The number of nitrogens with two attached hydrogens (primary N) is 1. The van der Waals surface area contributed by atoms with Crippen LogP contribution in [-0.4, -0.2) is 28.1 Å². The Labute approximate surface area is 125 Å². The van der Waals surface area contributed by atoms with Gasteiger partial charge in [0.05, 0.1) is 6.33 Å². The molecule has 5 heteroatoms. The molecule has 1 aromatic heterocycles. The largest absolute Gasteiger partial charge is 0.461 e. The third-order valence-corrected chi connectivity index (χ3v) is 6.27. The van der Waals surface area contributed by atoms with Gasteiger partial charge in [-0.15, -0.1) is 0 Å². The van der Waals surface area contributed by atoms with Gasteiger partial charge in [0.25, 0.3) is 0 Å². The monoisotopic (exact) mass is 291 g/mol. The lowest BCUT2D eigenvalue weighted by Crippen LogP contribution is -2.43. The number of nitrogens with one attached hydrogen (secondary N) is 1. The molecule has 4 unspecified atom stereocenters. The Morgan fingerprint density at radius 2 is 2.33 bits per heavy atom. The number of carbonyl (C=O) groups is 1. The molecule has 2 aliphatic rings. The number of aromatic nitrogens is 2. The number of ether oxygens (including phenoxy) is 1. The van der Waals surface area contributed by atoms with Gasteiger partial charge in [0.15, 0.2) is 0 Å². The van der Waals surface area contributed by atoms with Gasteiger partial charge in [-0.25, -0.2) is 4.98 Å². The van der Waals surface area contributed by atoms with Crippen LogP contribution in [0.25, 0.3) is 0 Å². The summed E-state index contributed by atoms with van der Waals surface area (Å²) in [5, 5.41) is 0. The van der Waals surface area contributed by atoms with Gasteiger partial charge in [0.2, 0.25) is 0 Å². The molecule has 1 heterocycles. The molecule has 21 heavy (non-hydrogen) atoms. The van der Waals surface area contributed by atoms with Crippen LogP contribution in [0.3, 0.4) is 0 Å². The third kappa shape index (κ3) is 2.18. The average Bonchev–Trinajstić information content (AvgIpc) is 3.04. The minimum atomic E-state index is -0.628. The van der Waals surface area contributed by atoms with E-state index in [1.54, 1.807) is 12.5 Å². The van der Waals surface area contributed by atoms with Crippen molar-refractivity contribution in [3.63, 3.8) is 0 Å². The smallest absolute Gasteiger partial charge is 0.323 e. The number of carbonyl (C=O) groups excluding carboxylic acids is 1. The van der Waals surface area contributed by atoms with Gasteiger partial charge >= 0.3 is 5.97 Å². The van der Waals surface area contributed by atoms with E-state index in [0.29, 0.717) is 12.3 Å². The third-order valence-electron chi connectivity index (χ3n) is 6.27. The van der Waals surface area contributed by atoms with Crippen LogP contribution in [0.15, 0.2) is 12.5 Å². The van der Waals surface area contributed by atoms with Crippen molar-refractivity contribution in [2.75, 3.05) is 0 Å². The Morgan fingerprint density at radius 1 is 1.57 bits per heavy atom. The summed E-state index contributed by atoms with van der Waals surface area (Å²) in [5.41, 5.74) is 7.16. The molecule has 2 bridgehead atoms. The number of H-pyrrole nitrogens is 1. The number of nitrogens with zero attached hydrogens (tertiary/aromatic N) is 1. The lowest BCUT2D eigenvalue weighted by molar-refractivity contribution is -0.158. The lowest BCUT2D eigenvalue weighted by atomic mass is 9.70. The standard InChI is InChI=1S/C16H25N3O2/c1-15(2)10-4-5-16(15,3)13(6-10)21-14(20)12(17)7-11-8-18-9-19-11/h8-10,12-13H,4-7,17H2,1-3H3,(H,18,19). The fraction of sp³-hybridized carbons (Fsp3) is 0.750. The zero-order valence-corrected chi connectivity index (χ0v) is 13.1. The van der Waals surface area contributed by atoms with E-state index in [-0.39, 0.29) is 22.9 Å². The molecule has 0 aromatic carbocycles. The van der Waals surface area contributed by atoms with Gasteiger partial charge in [-0.05, 0) is 30.6 Å². The molecule has 116 valence electrons. The molecule has 5 nitrogen and oxygen atoms in total. The van der Waals surface area contributed by atoms with E-state index in [1.807, 2.05) is 0 Å². The zero-order valence-electron chi connectivity index (χ0n) is 13.1. The Morgan fingerprint density at radius 3 is 2.86 bits per heavy atom. The predicted octanol–water partition coefficient (Wildman–Crippen LogP) is 2.04. The molecule has 2 aliphatic carbocycles. The minimum absolute atomic E-state index is 0.00608. The van der Waals surface area contributed by atoms with Crippen molar-refractivity contribution in [1.82, 2.24) is 9.97 Å². The van der Waals surface area contributed by atoms with Crippen molar-refractivity contribution in [3.05, 3.63) is 18.2 Å². The molecule has 1 aromatic rings. The van der Waals surface area contributed by atoms with Crippen LogP contribution >= 0.6 is 0 Å². The van der Waals surface area contributed by atoms with E-state index in [2.05, 4.69) is 30.7 Å². The normalized spacial score (nSPS) is 34.9. The number of hydrogen-bond donors (Lipinski definition) is 2. The molecule has 0 radical (unpaired) electrons. The van der Waals surface area contributed by atoms with Gasteiger partial charge in [0, 0.05) is 23.7 Å². The van der Waals surface area contributed by atoms with Gasteiger partial charge in [-0.1, -0.05) is 20.8 Å². The summed E-state index contributed by atoms with van der Waals surface area (Å²) in [7, 11) is 0. The lowest BCUT2D eigenvalue weighted by Gasteiger charge is -2.38. The number of esters is 1. The molecule has 2 fully saturated rings. The highest BCUT2D eigenvalue weighted by Gasteiger charge is 2.62. The van der Waals surface area contributed by atoms with Gasteiger partial charge < -0.3 is 15.5 Å². The van der Waals surface area contributed by atoms with Crippen LogP contribution < -0.4 is 5.73 Å². The molecule has 0 aliphatic heterocycles. The van der Waals surface area contributed by atoms with Crippen LogP contribution in [-0.2, 0) is 16.0 Å². The maximum Gasteiger partial charge on any atom is 0.323 e. The Kier molecular flexibility index (Phi) is 3.35. The molecule has 2 saturated carbocycles. The highest BCUT2D eigenvalue weighted by atomic mass is 16.5. The maximum absolute atomic E-state index is 12.3. The number of fused-ring (bicyclic) bond motifs is 2. The molecule has 3 rings (SSSR count). The number of imidazole rings is 1. The first-order valence-electron chi connectivity index (χ1n) is 7.78.